The first-order valence-electron chi connectivity index (χ1n) is 44.5. The summed E-state index contributed by atoms with van der Waals surface area (Å²) in [5.41, 5.74) is -0.0991. The van der Waals surface area contributed by atoms with Gasteiger partial charge in [-0.05, 0) is 309 Å². The van der Waals surface area contributed by atoms with Gasteiger partial charge in [0.15, 0.2) is 6.10 Å². The Balaban J connectivity index is 0.000000768. The van der Waals surface area contributed by atoms with Crippen LogP contribution in [0.4, 0.5) is 0 Å². The summed E-state index contributed by atoms with van der Waals surface area (Å²) >= 11 is 14.3. The Labute approximate surface area is 861 Å². The van der Waals surface area contributed by atoms with E-state index in [1.54, 1.807) is 48.5 Å². The molecule has 0 amide bonds. The molecule has 6 fully saturated rings. The summed E-state index contributed by atoms with van der Waals surface area (Å²) in [5.74, 6) is -2.40. The van der Waals surface area contributed by atoms with Gasteiger partial charge in [-0.1, -0.05) is 158 Å². The third-order valence-corrected chi connectivity index (χ3v) is 30.2. The SMILES string of the molecule is CC(I)C(=O)OC1CC(C)(C)N(C)C1(C)C.CC(I)C(=O)OCC(COC1CC(C)(C)N(C)C(C)(C)C1)OC(=O)C(C)I.CC(I)C(=O)OCCOC(=O)C1CC(C)(C)N(C)C(C)(C)C1.CN1C(C)(C)CC(C(=O)OCCOC(=O)C(C)(C)I)C1(C)C.CN1C(C)(C)CC(OC(=O)CCI)CC1(C)C.CN1C(C)(C)CC(OCC(O)COC(=O)C(C)(C)I)CC1(C)C. The van der Waals surface area contributed by atoms with Crippen LogP contribution in [0.5, 0.6) is 0 Å². The van der Waals surface area contributed by atoms with Crippen molar-refractivity contribution < 1.29 is 100 Å². The summed E-state index contributed by atoms with van der Waals surface area (Å²) in [6, 6.07) is 0. The molecule has 6 saturated heterocycles. The minimum absolute atomic E-state index is 0.0123. The highest BCUT2D eigenvalue weighted by Gasteiger charge is 2.55. The number of aliphatic hydroxyl groups excluding tert-OH is 1. The monoisotopic (exact) mass is 2590 g/mol. The maximum Gasteiger partial charge on any atom is 0.321 e. The van der Waals surface area contributed by atoms with Crippen molar-refractivity contribution in [2.75, 3.05) is 99.6 Å². The molecule has 8 unspecified atom stereocenters. The minimum Gasteiger partial charge on any atom is -0.462 e. The van der Waals surface area contributed by atoms with Crippen molar-refractivity contribution in [1.29, 1.82) is 0 Å². The molecule has 0 bridgehead atoms. The van der Waals surface area contributed by atoms with Crippen molar-refractivity contribution >= 4 is 212 Å². The van der Waals surface area contributed by atoms with Crippen LogP contribution in [-0.4, -0.2) is 313 Å². The van der Waals surface area contributed by atoms with Crippen LogP contribution < -0.4 is 0 Å². The number of carbonyl (C=O) groups is 9. The molecule has 0 aromatic heterocycles. The standard InChI is InChI=1S/C19H33I2NO5.C17H32INO4.2C16H28INO4.C13H24INO2.C12H22INO2/c1-12(20)16(23)26-11-15(27-17(24)13(2)21)10-25-14-8-18(3,4)22(7)19(5,6)9-14;1-15(2)8-13(9-16(3,4)19(15)7)22-10-12(20)11-23-14(21)17(5,6)18;1-14(2)10-11(16(5,6)18(14)7)12(19)21-8-9-22-13(20)15(3,4)17;1-11(17)13(19)21-7-8-22-14(20)12-9-15(2,3)18(6)16(4,5)10-12;1-12(2)8-10(17-11(16)6-7-14)9-13(3,4)15(12)5;1-8(13)10(15)16-9-7-11(2,3)14(6)12(9,4)5/h12-15H,8-11H2,1-7H3;12-13,20H,8-11H2,1-7H3;11H,8-10H2,1-7H3;11-12H,7-10H2,1-6H3;10H,6-9H2,1-5H3;8-9H,7H2,1-6H3. The van der Waals surface area contributed by atoms with Crippen molar-refractivity contribution in [3.05, 3.63) is 0 Å². The first kappa shape index (κ1) is 125. The smallest absolute Gasteiger partial charge is 0.321 e. The number of likely N-dealkylation sites (tertiary alicyclic amines) is 6. The molecule has 0 aromatic rings. The zero-order valence-electron chi connectivity index (χ0n) is 84.5. The van der Waals surface area contributed by atoms with E-state index in [0.717, 1.165) is 68.6 Å². The molecule has 1 N–H and O–H groups in total. The van der Waals surface area contributed by atoms with Crippen molar-refractivity contribution in [1.82, 2.24) is 29.4 Å². The van der Waals surface area contributed by atoms with E-state index in [-0.39, 0.29) is 225 Å². The quantitative estimate of drug-likeness (QED) is 0.0239. The van der Waals surface area contributed by atoms with Crippen molar-refractivity contribution in [3.8, 4) is 0 Å². The number of likely N-dealkylation sites (N-methyl/N-ethyl adjacent to an activating group) is 1. The Morgan fingerprint density at radius 1 is 0.362 bits per heavy atom. The fraction of sp³-hybridized carbons (Fsp3) is 0.903. The molecule has 0 radical (unpaired) electrons. The molecular weight excluding hydrogens is 2430 g/mol. The number of carbonyl (C=O) groups excluding carboxylic acids is 9. The van der Waals surface area contributed by atoms with Crippen LogP contribution in [-0.2, 0) is 95.3 Å². The summed E-state index contributed by atoms with van der Waals surface area (Å²) in [5, 5.41) is 9.99. The number of halogens is 7. The lowest BCUT2D eigenvalue weighted by Crippen LogP contribution is -2.60. The molecule has 6 heterocycles. The second kappa shape index (κ2) is 51.2. The molecule has 744 valence electrons. The number of ether oxygens (including phenoxy) is 11. The average molecular weight is 2590 g/mol. The molecule has 8 atom stereocenters. The topological polar surface area (TPSA) is 295 Å². The number of hydrogen-bond acceptors (Lipinski definition) is 27. The highest BCUT2D eigenvalue weighted by atomic mass is 127. The molecule has 0 spiro atoms. The number of rotatable bonds is 29. The maximum atomic E-state index is 12.3. The van der Waals surface area contributed by atoms with Crippen LogP contribution in [0, 0.1) is 11.8 Å². The van der Waals surface area contributed by atoms with Gasteiger partial charge in [0.05, 0.1) is 49.2 Å². The Hall–Kier alpha value is -0.0200. The fourth-order valence-corrected chi connectivity index (χ4v) is 18.6. The van der Waals surface area contributed by atoms with Crippen LogP contribution in [0.3, 0.4) is 0 Å². The number of hydrogen-bond donors (Lipinski definition) is 1. The lowest BCUT2D eigenvalue weighted by atomic mass is 9.74. The molecule has 0 aromatic carbocycles. The summed E-state index contributed by atoms with van der Waals surface area (Å²) in [6.45, 7) is 67.3. The lowest BCUT2D eigenvalue weighted by Gasteiger charge is -2.53. The Morgan fingerprint density at radius 2 is 0.685 bits per heavy atom. The van der Waals surface area contributed by atoms with E-state index in [1.807, 2.05) is 127 Å². The second-order valence-corrected chi connectivity index (χ2v) is 57.4. The summed E-state index contributed by atoms with van der Waals surface area (Å²) in [6.07, 6.45) is 7.99. The molecule has 34 heteroatoms. The van der Waals surface area contributed by atoms with E-state index >= 15 is 0 Å². The molecular formula is C93H167I7N6O21. The molecule has 27 nitrogen and oxygen atoms in total. The highest BCUT2D eigenvalue weighted by Crippen LogP contribution is 2.47. The van der Waals surface area contributed by atoms with Crippen LogP contribution in [0.1, 0.15) is 292 Å². The van der Waals surface area contributed by atoms with E-state index in [4.69, 9.17) is 52.1 Å². The van der Waals surface area contributed by atoms with Gasteiger partial charge >= 0.3 is 53.7 Å². The lowest BCUT2D eigenvalue weighted by molar-refractivity contribution is -0.166. The predicted octanol–water partition coefficient (Wildman–Crippen LogP) is 17.7. The van der Waals surface area contributed by atoms with E-state index < -0.39 is 19.1 Å². The molecule has 6 aliphatic rings. The third kappa shape index (κ3) is 40.4. The zero-order valence-corrected chi connectivity index (χ0v) is 99.6. The van der Waals surface area contributed by atoms with Crippen molar-refractivity contribution in [2.45, 2.75) is 418 Å². The molecule has 0 aliphatic carbocycles. The van der Waals surface area contributed by atoms with E-state index in [1.165, 1.54) is 0 Å². The van der Waals surface area contributed by atoms with Crippen LogP contribution in [0.25, 0.3) is 0 Å². The summed E-state index contributed by atoms with van der Waals surface area (Å²) in [7, 11) is 12.7. The minimum atomic E-state index is -0.788. The van der Waals surface area contributed by atoms with Gasteiger partial charge in [0, 0.05) is 84.6 Å². The maximum absolute atomic E-state index is 12.3. The summed E-state index contributed by atoms with van der Waals surface area (Å²) < 4.78 is 58.7. The summed E-state index contributed by atoms with van der Waals surface area (Å²) in [4.78, 5) is 120. The van der Waals surface area contributed by atoms with Gasteiger partial charge < -0.3 is 57.2 Å². The van der Waals surface area contributed by atoms with Gasteiger partial charge in [0.25, 0.3) is 0 Å². The van der Waals surface area contributed by atoms with Gasteiger partial charge in [-0.25, -0.2) is 0 Å². The molecule has 0 saturated carbocycles. The second-order valence-electron chi connectivity index (χ2n) is 43.5. The highest BCUT2D eigenvalue weighted by molar-refractivity contribution is 14.1. The predicted molar refractivity (Wildman–Crippen MR) is 563 cm³/mol. The number of aliphatic hydroxyl groups is 1. The van der Waals surface area contributed by atoms with Crippen molar-refractivity contribution in [3.63, 3.8) is 0 Å². The molecule has 6 rings (SSSR count). The number of esters is 9. The Bertz CT molecular complexity index is 3450. The van der Waals surface area contributed by atoms with Crippen molar-refractivity contribution in [2.24, 2.45) is 11.8 Å². The fourth-order valence-electron chi connectivity index (χ4n) is 17.2. The Kier molecular flexibility index (Phi) is 50.4. The average Bonchev–Trinajstić information content (AvgIpc) is 1.68. The zero-order chi connectivity index (χ0) is 99.5. The van der Waals surface area contributed by atoms with E-state index in [9.17, 15) is 48.3 Å². The van der Waals surface area contributed by atoms with Gasteiger partial charge in [0.1, 0.15) is 80.5 Å². The third-order valence-electron chi connectivity index (χ3n) is 26.7. The van der Waals surface area contributed by atoms with E-state index in [0.29, 0.717) is 6.42 Å². The van der Waals surface area contributed by atoms with Gasteiger partial charge in [-0.2, -0.15) is 0 Å². The first-order chi connectivity index (χ1) is 57.1. The van der Waals surface area contributed by atoms with Gasteiger partial charge in [0.2, 0.25) is 0 Å². The van der Waals surface area contributed by atoms with Gasteiger partial charge in [-0.15, -0.1) is 0 Å². The van der Waals surface area contributed by atoms with Crippen LogP contribution in [0.2, 0.25) is 0 Å². The molecule has 6 aliphatic heterocycles. The Morgan fingerprint density at radius 3 is 1.04 bits per heavy atom. The van der Waals surface area contributed by atoms with Crippen LogP contribution in [0.15, 0.2) is 0 Å². The van der Waals surface area contributed by atoms with E-state index in [2.05, 4.69) is 276 Å². The van der Waals surface area contributed by atoms with Crippen LogP contribution >= 0.6 is 158 Å². The van der Waals surface area contributed by atoms with Gasteiger partial charge in [-0.3, -0.25) is 72.6 Å². The normalized spacial score (nSPS) is 24.4. The first-order valence-corrected chi connectivity index (χ1v) is 53.2. The largest absolute Gasteiger partial charge is 0.462 e. The number of alkyl halides is 7. The number of piperidine rings is 4. The molecule has 127 heavy (non-hydrogen) atoms. The number of nitrogens with zero attached hydrogens (tertiary/aromatic N) is 6.